The number of sulfonamides is 1. The molecule has 0 atom stereocenters. The van der Waals surface area contributed by atoms with Crippen molar-refractivity contribution in [2.45, 2.75) is 48.8 Å². The maximum Gasteiger partial charge on any atom is 0.238 e. The number of nitrogens with two attached hydrogens (primary N) is 2. The first-order valence-electron chi connectivity index (χ1n) is 7.03. The van der Waals surface area contributed by atoms with E-state index in [1.54, 1.807) is 13.0 Å². The van der Waals surface area contributed by atoms with Gasteiger partial charge in [0.1, 0.15) is 0 Å². The molecule has 0 aromatic heterocycles. The smallest absolute Gasteiger partial charge is 0.238 e. The fourth-order valence-electron chi connectivity index (χ4n) is 2.82. The molecular weight excluding hydrogens is 306 g/mol. The third-order valence-electron chi connectivity index (χ3n) is 4.06. The van der Waals surface area contributed by atoms with Crippen molar-refractivity contribution in [3.8, 4) is 0 Å². The molecule has 0 radical (unpaired) electrons. The molecule has 0 bridgehead atoms. The molecule has 0 aliphatic heterocycles. The molecule has 1 fully saturated rings. The van der Waals surface area contributed by atoms with Gasteiger partial charge in [-0.2, -0.15) is 11.8 Å². The summed E-state index contributed by atoms with van der Waals surface area (Å²) >= 11 is 1.92. The maximum atomic E-state index is 11.6. The van der Waals surface area contributed by atoms with E-state index in [1.165, 1.54) is 18.9 Å². The van der Waals surface area contributed by atoms with E-state index in [0.717, 1.165) is 23.8 Å². The summed E-state index contributed by atoms with van der Waals surface area (Å²) in [5, 5.41) is 9.43. The van der Waals surface area contributed by atoms with E-state index < -0.39 is 10.0 Å². The molecule has 0 amide bonds. The molecule has 0 unspecified atom stereocenters. The van der Waals surface area contributed by atoms with Gasteiger partial charge in [0.2, 0.25) is 10.0 Å². The third-order valence-corrected chi connectivity index (χ3v) is 6.23. The lowest BCUT2D eigenvalue weighted by molar-refractivity contribution is 0.473. The Balaban J connectivity index is 2.19. The number of rotatable bonds is 4. The van der Waals surface area contributed by atoms with Crippen molar-refractivity contribution in [3.63, 3.8) is 0 Å². The predicted octanol–water partition coefficient (Wildman–Crippen LogP) is 2.31. The number of hydrogen-bond acceptors (Lipinski definition) is 5. The number of nitrogens with one attached hydrogen (secondary N) is 1. The van der Waals surface area contributed by atoms with E-state index in [0.29, 0.717) is 17.3 Å². The fourth-order valence-corrected chi connectivity index (χ4v) is 4.40. The lowest BCUT2D eigenvalue weighted by Gasteiger charge is -2.29. The normalized spacial score (nSPS) is 23.0. The lowest BCUT2D eigenvalue weighted by Crippen LogP contribution is -2.27. The van der Waals surface area contributed by atoms with E-state index in [2.05, 4.69) is 11.6 Å². The van der Waals surface area contributed by atoms with Crippen LogP contribution >= 0.6 is 11.8 Å². The zero-order valence-electron chi connectivity index (χ0n) is 12.4. The summed E-state index contributed by atoms with van der Waals surface area (Å²) in [5.41, 5.74) is 7.63. The number of nitrogen functional groups attached to an aromatic ring is 1. The Labute approximate surface area is 130 Å². The Kier molecular flexibility index (Phi) is 5.06. The van der Waals surface area contributed by atoms with Crippen LogP contribution in [0.3, 0.4) is 0 Å². The summed E-state index contributed by atoms with van der Waals surface area (Å²) in [6.45, 7) is 1.76. The van der Waals surface area contributed by atoms with Crippen LogP contribution in [-0.2, 0) is 10.0 Å². The third kappa shape index (κ3) is 4.05. The van der Waals surface area contributed by atoms with Gasteiger partial charge in [-0.25, -0.2) is 13.6 Å². The highest BCUT2D eigenvalue weighted by atomic mass is 32.2. The largest absolute Gasteiger partial charge is 0.399 e. The van der Waals surface area contributed by atoms with Crippen LogP contribution in [-0.4, -0.2) is 26.0 Å². The average molecular weight is 329 g/mol. The molecule has 1 aliphatic rings. The van der Waals surface area contributed by atoms with Crippen LogP contribution in [0.4, 0.5) is 11.4 Å². The number of thioether (sulfide) groups is 1. The van der Waals surface area contributed by atoms with E-state index >= 15 is 0 Å². The molecule has 5 N–H and O–H groups in total. The van der Waals surface area contributed by atoms with Crippen LogP contribution in [0.2, 0.25) is 0 Å². The molecule has 7 heteroatoms. The number of primary sulfonamides is 1. The van der Waals surface area contributed by atoms with Crippen LogP contribution in [0.1, 0.15) is 31.2 Å². The topological polar surface area (TPSA) is 98.2 Å². The van der Waals surface area contributed by atoms with Crippen molar-refractivity contribution in [2.75, 3.05) is 17.3 Å². The molecule has 1 aromatic rings. The molecule has 0 saturated heterocycles. The van der Waals surface area contributed by atoms with Crippen molar-refractivity contribution in [1.82, 2.24) is 0 Å². The second kappa shape index (κ2) is 6.46. The molecule has 5 nitrogen and oxygen atoms in total. The minimum absolute atomic E-state index is 0.0998. The van der Waals surface area contributed by atoms with Crippen molar-refractivity contribution >= 4 is 33.2 Å². The second-order valence-corrected chi connectivity index (χ2v) is 8.26. The van der Waals surface area contributed by atoms with E-state index in [1.807, 2.05) is 11.8 Å². The monoisotopic (exact) mass is 329 g/mol. The average Bonchev–Trinajstić information content (AvgIpc) is 2.42. The molecular formula is C14H23N3O2S2. The van der Waals surface area contributed by atoms with Gasteiger partial charge in [-0.15, -0.1) is 0 Å². The van der Waals surface area contributed by atoms with Gasteiger partial charge in [-0.05, 0) is 56.6 Å². The zero-order valence-corrected chi connectivity index (χ0v) is 14.1. The van der Waals surface area contributed by atoms with Crippen molar-refractivity contribution < 1.29 is 8.42 Å². The summed E-state index contributed by atoms with van der Waals surface area (Å²) in [6.07, 6.45) is 6.69. The van der Waals surface area contributed by atoms with Crippen LogP contribution in [0, 0.1) is 6.92 Å². The number of hydrogen-bond donors (Lipinski definition) is 3. The lowest BCUT2D eigenvalue weighted by atomic mass is 9.94. The highest BCUT2D eigenvalue weighted by Gasteiger charge is 2.22. The fraction of sp³-hybridized carbons (Fsp3) is 0.571. The van der Waals surface area contributed by atoms with E-state index in [4.69, 9.17) is 10.9 Å². The van der Waals surface area contributed by atoms with Gasteiger partial charge in [-0.1, -0.05) is 0 Å². The molecule has 0 spiro atoms. The number of anilines is 2. The predicted molar refractivity (Wildman–Crippen MR) is 90.1 cm³/mol. The highest BCUT2D eigenvalue weighted by Crippen LogP contribution is 2.31. The van der Waals surface area contributed by atoms with E-state index in [9.17, 15) is 8.42 Å². The van der Waals surface area contributed by atoms with Gasteiger partial charge in [-0.3, -0.25) is 0 Å². The quantitative estimate of drug-likeness (QED) is 0.736. The molecule has 0 heterocycles. The summed E-state index contributed by atoms with van der Waals surface area (Å²) in [5.74, 6) is 0. The summed E-state index contributed by atoms with van der Waals surface area (Å²) in [7, 11) is -3.76. The van der Waals surface area contributed by atoms with Gasteiger partial charge >= 0.3 is 0 Å². The minimum atomic E-state index is -3.76. The van der Waals surface area contributed by atoms with Gasteiger partial charge in [0.05, 0.1) is 4.90 Å². The van der Waals surface area contributed by atoms with Crippen molar-refractivity contribution in [1.29, 1.82) is 0 Å². The maximum absolute atomic E-state index is 11.6. The number of benzene rings is 1. The summed E-state index contributed by atoms with van der Waals surface area (Å²) in [4.78, 5) is 0.0998. The SMILES string of the molecule is CSC1CCC(Nc2cc(N)cc(S(N)(=O)=O)c2C)CC1. The second-order valence-electron chi connectivity index (χ2n) is 5.59. The minimum Gasteiger partial charge on any atom is -0.399 e. The van der Waals surface area contributed by atoms with Crippen LogP contribution in [0.5, 0.6) is 0 Å². The molecule has 21 heavy (non-hydrogen) atoms. The summed E-state index contributed by atoms with van der Waals surface area (Å²) in [6, 6.07) is 3.56. The van der Waals surface area contributed by atoms with Crippen molar-refractivity contribution in [2.24, 2.45) is 5.14 Å². The highest BCUT2D eigenvalue weighted by molar-refractivity contribution is 7.99. The first-order valence-corrected chi connectivity index (χ1v) is 9.87. The van der Waals surface area contributed by atoms with Crippen LogP contribution < -0.4 is 16.2 Å². The van der Waals surface area contributed by atoms with Gasteiger partial charge in [0.15, 0.2) is 0 Å². The Morgan fingerprint density at radius 3 is 2.38 bits per heavy atom. The standard InChI is InChI=1S/C14H23N3O2S2/c1-9-13(7-10(15)8-14(9)21(16,18)19)17-11-3-5-12(20-2)6-4-11/h7-8,11-12,17H,3-6,15H2,1-2H3,(H2,16,18,19). The van der Waals surface area contributed by atoms with Gasteiger partial charge < -0.3 is 11.1 Å². The Morgan fingerprint density at radius 1 is 1.24 bits per heavy atom. The van der Waals surface area contributed by atoms with Gasteiger partial charge in [0.25, 0.3) is 0 Å². The first kappa shape index (κ1) is 16.5. The first-order chi connectivity index (χ1) is 9.81. The van der Waals surface area contributed by atoms with E-state index in [-0.39, 0.29) is 4.90 Å². The molecule has 2 rings (SSSR count). The summed E-state index contributed by atoms with van der Waals surface area (Å²) < 4.78 is 23.2. The molecule has 1 aromatic carbocycles. The molecule has 1 saturated carbocycles. The molecule has 1 aliphatic carbocycles. The van der Waals surface area contributed by atoms with Crippen LogP contribution in [0.15, 0.2) is 17.0 Å². The Hall–Kier alpha value is -0.920. The van der Waals surface area contributed by atoms with Crippen LogP contribution in [0.25, 0.3) is 0 Å². The van der Waals surface area contributed by atoms with Crippen molar-refractivity contribution in [3.05, 3.63) is 17.7 Å². The van der Waals surface area contributed by atoms with Gasteiger partial charge in [0, 0.05) is 22.7 Å². The molecule has 118 valence electrons. The Bertz CT molecular complexity index is 609. The zero-order chi connectivity index (χ0) is 15.6. The Morgan fingerprint density at radius 2 is 1.86 bits per heavy atom.